The van der Waals surface area contributed by atoms with Gasteiger partial charge in [0.05, 0.1) is 0 Å². The molecule has 0 spiro atoms. The van der Waals surface area contributed by atoms with Crippen molar-refractivity contribution in [3.05, 3.63) is 0 Å². The lowest BCUT2D eigenvalue weighted by molar-refractivity contribution is 0.501. The van der Waals surface area contributed by atoms with Gasteiger partial charge in [0.25, 0.3) is 0 Å². The molecule has 13 heavy (non-hydrogen) atoms. The Hall–Kier alpha value is 2.07. The number of hydrogen-bond donors (Lipinski definition) is 4. The summed E-state index contributed by atoms with van der Waals surface area (Å²) >= 11 is 9.04. The van der Waals surface area contributed by atoms with Gasteiger partial charge in [0.1, 0.15) is 0 Å². The molecule has 0 aliphatic heterocycles. The average molecular weight is 320 g/mol. The molecular formula is CH7O5P3S4. The summed E-state index contributed by atoms with van der Waals surface area (Å²) < 4.78 is 11.5. The van der Waals surface area contributed by atoms with Crippen LogP contribution in [0.25, 0.3) is 0 Å². The maximum Gasteiger partial charge on any atom is 0.249 e. The van der Waals surface area contributed by atoms with Gasteiger partial charge < -0.3 is 19.6 Å². The highest BCUT2D eigenvalue weighted by Crippen LogP contribution is 2.85. The first-order chi connectivity index (χ1) is 5.41. The summed E-state index contributed by atoms with van der Waals surface area (Å²) in [6.07, 6.45) is 0. The van der Waals surface area contributed by atoms with Gasteiger partial charge in [-0.05, 0) is 23.6 Å². The van der Waals surface area contributed by atoms with Gasteiger partial charge in [-0.15, -0.1) is 0 Å². The minimum absolute atomic E-state index is 0.283. The van der Waals surface area contributed by atoms with Crippen LogP contribution in [0.3, 0.4) is 0 Å². The first-order valence-corrected chi connectivity index (χ1v) is 14.1. The van der Waals surface area contributed by atoms with Gasteiger partial charge in [0.15, 0.2) is 0 Å². The molecule has 0 aromatic rings. The molecule has 0 aromatic carbocycles. The number of hydrogen-bond acceptors (Lipinski definition) is 5. The Morgan fingerprint density at radius 3 is 1.38 bits per heavy atom. The third-order valence-electron chi connectivity index (χ3n) is 0.509. The van der Waals surface area contributed by atoms with E-state index in [9.17, 15) is 4.57 Å². The second kappa shape index (κ2) is 4.93. The molecule has 12 heteroatoms. The van der Waals surface area contributed by atoms with E-state index in [-0.39, 0.29) is 22.0 Å². The molecule has 4 N–H and O–H groups in total. The van der Waals surface area contributed by atoms with E-state index < -0.39 is 16.9 Å². The lowest BCUT2D eigenvalue weighted by atomic mass is 12.0. The fourth-order valence-electron chi connectivity index (χ4n) is 0.401. The number of rotatable bonds is 4. The van der Waals surface area contributed by atoms with E-state index in [2.05, 4.69) is 23.6 Å². The van der Waals surface area contributed by atoms with Gasteiger partial charge in [-0.2, -0.15) is 0 Å². The van der Waals surface area contributed by atoms with Crippen molar-refractivity contribution in [2.75, 3.05) is 6.66 Å². The predicted molar refractivity (Wildman–Crippen MR) is 66.2 cm³/mol. The highest BCUT2D eigenvalue weighted by atomic mass is 33.4. The van der Waals surface area contributed by atoms with Crippen LogP contribution in [-0.4, -0.2) is 26.2 Å². The first kappa shape index (κ1) is 15.1. The van der Waals surface area contributed by atoms with Gasteiger partial charge in [-0.1, -0.05) is 0 Å². The van der Waals surface area contributed by atoms with Crippen LogP contribution in [-0.2, 0) is 28.2 Å². The van der Waals surface area contributed by atoms with Crippen molar-refractivity contribution in [1.29, 1.82) is 0 Å². The molecule has 0 atom stereocenters. The Bertz CT molecular complexity index is 286. The highest BCUT2D eigenvalue weighted by Gasteiger charge is 2.31. The molecule has 0 rings (SSSR count). The minimum Gasteiger partial charge on any atom is -0.337 e. The summed E-state index contributed by atoms with van der Waals surface area (Å²) in [5, 5.41) is 0. The summed E-state index contributed by atoms with van der Waals surface area (Å²) in [5.41, 5.74) is -10.5. The third-order valence-corrected chi connectivity index (χ3v) is 21.0. The van der Waals surface area contributed by atoms with Crippen LogP contribution in [0.5, 0.6) is 0 Å². The topological polar surface area (TPSA) is 98.0 Å². The maximum absolute atomic E-state index is 11.5. The molecule has 0 saturated carbocycles. The summed E-state index contributed by atoms with van der Waals surface area (Å²) in [6.45, 7) is 1.16. The fourth-order valence-corrected chi connectivity index (χ4v) is 28.2. The van der Waals surface area contributed by atoms with E-state index in [1.807, 2.05) is 0 Å². The Labute approximate surface area is 93.0 Å². The maximum atomic E-state index is 11.5. The second-order valence-corrected chi connectivity index (χ2v) is 22.0. The van der Waals surface area contributed by atoms with Crippen molar-refractivity contribution < 1.29 is 24.1 Å². The Morgan fingerprint density at radius 2 is 1.23 bits per heavy atom. The smallest absolute Gasteiger partial charge is 0.249 e. The Morgan fingerprint density at radius 1 is 1.00 bits per heavy atom. The van der Waals surface area contributed by atoms with Crippen LogP contribution in [0.4, 0.5) is 0 Å². The SMILES string of the molecule is CP(=O)(SP(O)(O)=S)SP(O)(O)=S. The average Bonchev–Trinajstić information content (AvgIpc) is 1.43. The molecule has 0 saturated heterocycles. The van der Waals surface area contributed by atoms with E-state index in [1.165, 1.54) is 0 Å². The van der Waals surface area contributed by atoms with Crippen molar-refractivity contribution in [2.24, 2.45) is 0 Å². The monoisotopic (exact) mass is 320 g/mol. The molecule has 80 valence electrons. The highest BCUT2D eigenvalue weighted by molar-refractivity contribution is 9.16. The molecule has 5 nitrogen and oxygen atoms in total. The van der Waals surface area contributed by atoms with Crippen LogP contribution in [0.2, 0.25) is 0 Å². The lowest BCUT2D eigenvalue weighted by Gasteiger charge is -2.15. The summed E-state index contributed by atoms with van der Waals surface area (Å²) in [7, 11) is 0. The minimum atomic E-state index is -3.66. The van der Waals surface area contributed by atoms with Crippen molar-refractivity contribution in [3.63, 3.8) is 0 Å². The molecular weight excluding hydrogens is 313 g/mol. The second-order valence-electron chi connectivity index (χ2n) is 1.92. The summed E-state index contributed by atoms with van der Waals surface area (Å²) in [5.74, 6) is 0. The standard InChI is InChI=1S/CH7O5P3S4/c1-7(2,12-8(3,4)10)13-9(5,6)11/h1H3,(H2,3,4,10)(H2,5,6,11). The fraction of sp³-hybridized carbons (Fsp3) is 1.00. The largest absolute Gasteiger partial charge is 0.337 e. The van der Waals surface area contributed by atoms with Gasteiger partial charge in [-0.25, -0.2) is 0 Å². The van der Waals surface area contributed by atoms with Crippen molar-refractivity contribution in [3.8, 4) is 0 Å². The van der Waals surface area contributed by atoms with Crippen LogP contribution in [0.15, 0.2) is 0 Å². The zero-order valence-corrected chi connectivity index (χ0v) is 12.1. The molecule has 0 fully saturated rings. The van der Waals surface area contributed by atoms with Gasteiger partial charge in [0.2, 0.25) is 16.9 Å². The van der Waals surface area contributed by atoms with E-state index in [0.29, 0.717) is 0 Å². The van der Waals surface area contributed by atoms with E-state index in [4.69, 9.17) is 19.6 Å². The zero-order chi connectivity index (χ0) is 10.9. The normalized spacial score (nSPS) is 14.5. The van der Waals surface area contributed by atoms with Crippen molar-refractivity contribution in [2.45, 2.75) is 0 Å². The van der Waals surface area contributed by atoms with Gasteiger partial charge >= 0.3 is 0 Å². The molecule has 0 radical (unpaired) electrons. The lowest BCUT2D eigenvalue weighted by Crippen LogP contribution is -1.72. The van der Waals surface area contributed by atoms with Crippen molar-refractivity contribution in [1.82, 2.24) is 0 Å². The molecule has 0 heterocycles. The van der Waals surface area contributed by atoms with Crippen molar-refractivity contribution >= 4 is 62.5 Å². The Balaban J connectivity index is 4.54. The van der Waals surface area contributed by atoms with E-state index in [0.717, 1.165) is 6.66 Å². The first-order valence-electron chi connectivity index (χ1n) is 2.53. The summed E-state index contributed by atoms with van der Waals surface area (Å²) in [4.78, 5) is 35.3. The van der Waals surface area contributed by atoms with Gasteiger partial charge in [0, 0.05) is 28.7 Å². The van der Waals surface area contributed by atoms with E-state index in [1.54, 1.807) is 0 Å². The quantitative estimate of drug-likeness (QED) is 0.577. The van der Waals surface area contributed by atoms with Crippen LogP contribution in [0, 0.1) is 0 Å². The van der Waals surface area contributed by atoms with E-state index >= 15 is 0 Å². The molecule has 0 aliphatic carbocycles. The van der Waals surface area contributed by atoms with Gasteiger partial charge in [-0.3, -0.25) is 4.57 Å². The van der Waals surface area contributed by atoms with Crippen LogP contribution < -0.4 is 0 Å². The molecule has 0 amide bonds. The Kier molecular flexibility index (Phi) is 5.72. The zero-order valence-electron chi connectivity index (χ0n) is 6.17. The molecule has 0 aliphatic rings. The molecule has 0 bridgehead atoms. The van der Waals surface area contributed by atoms with Crippen LogP contribution >= 0.6 is 38.9 Å². The molecule has 0 aromatic heterocycles. The van der Waals surface area contributed by atoms with Crippen LogP contribution in [0.1, 0.15) is 0 Å². The third kappa shape index (κ3) is 10.4. The summed E-state index contributed by atoms with van der Waals surface area (Å²) in [6, 6.07) is 0. The predicted octanol–water partition coefficient (Wildman–Crippen LogP) is 1.69. The molecule has 0 unspecified atom stereocenters.